The number of quaternary nitrogens is 1. The van der Waals surface area contributed by atoms with Gasteiger partial charge in [-0.05, 0) is 24.1 Å². The van der Waals surface area contributed by atoms with E-state index in [2.05, 4.69) is 30.0 Å². The van der Waals surface area contributed by atoms with Crippen LogP contribution < -0.4 is 17.0 Å². The summed E-state index contributed by atoms with van der Waals surface area (Å²) in [6.45, 7) is 0. The molecule has 3 fully saturated rings. The van der Waals surface area contributed by atoms with E-state index in [0.717, 1.165) is 34.6 Å². The van der Waals surface area contributed by atoms with Gasteiger partial charge in [-0.2, -0.15) is 0 Å². The van der Waals surface area contributed by atoms with Gasteiger partial charge in [0, 0.05) is 48.9 Å². The summed E-state index contributed by atoms with van der Waals surface area (Å²) < 4.78 is 35.5. The second kappa shape index (κ2) is 8.41. The van der Waals surface area contributed by atoms with Crippen LogP contribution in [0.3, 0.4) is 0 Å². The van der Waals surface area contributed by atoms with E-state index in [4.69, 9.17) is 4.74 Å². The second-order valence-electron chi connectivity index (χ2n) is 9.58. The number of carbonyl (C=O) groups excluding carboxylic acids is 1. The van der Waals surface area contributed by atoms with Gasteiger partial charge in [-0.1, -0.05) is 28.1 Å². The van der Waals surface area contributed by atoms with E-state index in [0.29, 0.717) is 17.6 Å². The maximum atomic E-state index is 14.0. The van der Waals surface area contributed by atoms with Crippen LogP contribution in [0.1, 0.15) is 50.5 Å². The number of nitrogens with zero attached hydrogens (tertiary/aromatic N) is 1. The van der Waals surface area contributed by atoms with Crippen LogP contribution >= 0.6 is 15.9 Å². The van der Waals surface area contributed by atoms with Gasteiger partial charge in [0.25, 0.3) is 0 Å². The highest BCUT2D eigenvalue weighted by molar-refractivity contribution is 9.10. The highest BCUT2D eigenvalue weighted by Crippen LogP contribution is 2.49. The third-order valence-corrected chi connectivity index (χ3v) is 8.18. The Morgan fingerprint density at radius 2 is 1.73 bits per heavy atom. The molecule has 4 rings (SSSR count). The van der Waals surface area contributed by atoms with Crippen molar-refractivity contribution in [2.45, 2.75) is 74.7 Å². The van der Waals surface area contributed by atoms with E-state index in [9.17, 15) is 18.7 Å². The molecule has 0 spiro atoms. The lowest BCUT2D eigenvalue weighted by Crippen LogP contribution is -3.00. The second-order valence-corrected chi connectivity index (χ2v) is 10.5. The number of fused-ring (bicyclic) bond motifs is 2. The minimum atomic E-state index is -2.86. The van der Waals surface area contributed by atoms with E-state index in [-0.39, 0.29) is 35.9 Å². The number of hydrogen-bond acceptors (Lipinski definition) is 3. The topological polar surface area (TPSA) is 46.5 Å². The highest BCUT2D eigenvalue weighted by atomic mass is 79.9. The predicted molar refractivity (Wildman–Crippen MR) is 108 cm³/mol. The summed E-state index contributed by atoms with van der Waals surface area (Å²) in [5, 5.41) is 11.5. The molecule has 0 aromatic heterocycles. The average molecular weight is 553 g/mol. The summed E-state index contributed by atoms with van der Waals surface area (Å²) in [6, 6.07) is 7.52. The van der Waals surface area contributed by atoms with Crippen molar-refractivity contribution in [2.75, 3.05) is 14.1 Å². The Morgan fingerprint density at radius 3 is 2.23 bits per heavy atom. The molecule has 0 amide bonds. The molecule has 1 aromatic rings. The number of aliphatic hydroxyl groups is 1. The van der Waals surface area contributed by atoms with Gasteiger partial charge >= 0.3 is 5.97 Å². The zero-order chi connectivity index (χ0) is 21.0. The predicted octanol–water partition coefficient (Wildman–Crippen LogP) is 1.39. The molecule has 4 nitrogen and oxygen atoms in total. The number of carbonyl (C=O) groups is 1. The lowest BCUT2D eigenvalue weighted by atomic mass is 9.80. The Kier molecular flexibility index (Phi) is 6.75. The number of halogens is 4. The quantitative estimate of drug-likeness (QED) is 0.453. The van der Waals surface area contributed by atoms with Crippen LogP contribution in [-0.4, -0.2) is 53.8 Å². The van der Waals surface area contributed by atoms with Gasteiger partial charge in [0.05, 0.1) is 26.2 Å². The molecule has 1 aromatic carbocycles. The van der Waals surface area contributed by atoms with E-state index < -0.39 is 29.8 Å². The van der Waals surface area contributed by atoms with Crippen molar-refractivity contribution in [1.29, 1.82) is 0 Å². The van der Waals surface area contributed by atoms with Crippen LogP contribution in [0.4, 0.5) is 8.78 Å². The standard InChI is InChI=1S/C22H29BrF2NO3.BrH/c1-26(2)17-7-8-18(26)12-19(11-17)29-20(27)22(28,14-3-5-16(23)6-4-14)15-9-10-21(24,25)13-15;/h3-6,15,17-19,28H,7-13H2,1-2H3;1H/q+1;/p-1/t15-,17-,18+,19?,22+;/m1./s1. The molecule has 0 radical (unpaired) electrons. The first-order chi connectivity index (χ1) is 13.5. The van der Waals surface area contributed by atoms with E-state index >= 15 is 0 Å². The van der Waals surface area contributed by atoms with E-state index in [1.807, 2.05) is 0 Å². The zero-order valence-corrected chi connectivity index (χ0v) is 20.5. The number of hydrogen-bond donors (Lipinski definition) is 1. The normalized spacial score (nSPS) is 33.4. The summed E-state index contributed by atoms with van der Waals surface area (Å²) in [6.07, 6.45) is 2.73. The number of rotatable bonds is 4. The summed E-state index contributed by atoms with van der Waals surface area (Å²) >= 11 is 3.34. The van der Waals surface area contributed by atoms with Gasteiger partial charge in [0.15, 0.2) is 5.60 Å². The molecule has 3 aliphatic rings. The SMILES string of the molecule is C[N+]1(C)[C@@H]2CC[C@H]1CC(OC(=O)[C@](O)(c1ccc(Br)cc1)[C@@H]1CCC(F)(F)C1)C2.[Br-]. The number of alkyl halides is 2. The monoisotopic (exact) mass is 551 g/mol. The Labute approximate surface area is 195 Å². The minimum Gasteiger partial charge on any atom is -1.00 e. The van der Waals surface area contributed by atoms with Crippen molar-refractivity contribution in [3.05, 3.63) is 34.3 Å². The van der Waals surface area contributed by atoms with Gasteiger partial charge in [-0.15, -0.1) is 0 Å². The lowest BCUT2D eigenvalue weighted by Gasteiger charge is -2.44. The Bertz CT molecular complexity index is 773. The lowest BCUT2D eigenvalue weighted by molar-refractivity contribution is -0.931. The number of ether oxygens (including phenoxy) is 1. The first kappa shape index (κ1) is 24.1. The first-order valence-corrected chi connectivity index (χ1v) is 11.2. The molecule has 2 saturated heterocycles. The van der Waals surface area contributed by atoms with Crippen molar-refractivity contribution in [1.82, 2.24) is 0 Å². The Balaban J connectivity index is 0.00000256. The third kappa shape index (κ3) is 4.21. The molecule has 2 bridgehead atoms. The van der Waals surface area contributed by atoms with Crippen LogP contribution in [0.2, 0.25) is 0 Å². The molecule has 168 valence electrons. The smallest absolute Gasteiger partial charge is 0.343 e. The van der Waals surface area contributed by atoms with Gasteiger partial charge < -0.3 is 31.3 Å². The fourth-order valence-corrected chi connectivity index (χ4v) is 5.96. The highest BCUT2D eigenvalue weighted by Gasteiger charge is 2.56. The summed E-state index contributed by atoms with van der Waals surface area (Å²) in [5.41, 5.74) is -1.73. The van der Waals surface area contributed by atoms with Crippen molar-refractivity contribution in [2.24, 2.45) is 5.92 Å². The van der Waals surface area contributed by atoms with Crippen LogP contribution in [0.25, 0.3) is 0 Å². The van der Waals surface area contributed by atoms with Crippen LogP contribution in [0, 0.1) is 5.92 Å². The van der Waals surface area contributed by atoms with Crippen molar-refractivity contribution in [3.8, 4) is 0 Å². The Hall–Kier alpha value is -0.570. The van der Waals surface area contributed by atoms with Crippen molar-refractivity contribution in [3.63, 3.8) is 0 Å². The van der Waals surface area contributed by atoms with E-state index in [1.165, 1.54) is 0 Å². The fourth-order valence-electron chi connectivity index (χ4n) is 5.70. The van der Waals surface area contributed by atoms with Crippen LogP contribution in [0.15, 0.2) is 28.7 Å². The molecule has 1 saturated carbocycles. The molecule has 2 aliphatic heterocycles. The average Bonchev–Trinajstić information content (AvgIpc) is 3.04. The number of piperidine rings is 1. The van der Waals surface area contributed by atoms with Crippen molar-refractivity contribution >= 4 is 21.9 Å². The maximum Gasteiger partial charge on any atom is 0.343 e. The van der Waals surface area contributed by atoms with E-state index in [1.54, 1.807) is 24.3 Å². The van der Waals surface area contributed by atoms with Crippen molar-refractivity contribution < 1.29 is 44.9 Å². The van der Waals surface area contributed by atoms with Crippen LogP contribution in [-0.2, 0) is 15.1 Å². The number of benzene rings is 1. The molecule has 1 aliphatic carbocycles. The van der Waals surface area contributed by atoms with Gasteiger partial charge in [0.1, 0.15) is 6.10 Å². The molecule has 1 unspecified atom stereocenters. The maximum absolute atomic E-state index is 14.0. The summed E-state index contributed by atoms with van der Waals surface area (Å²) in [4.78, 5) is 13.3. The molecular formula is C22H29Br2F2NO3. The Morgan fingerprint density at radius 1 is 1.17 bits per heavy atom. The number of esters is 1. The molecule has 1 N–H and O–H groups in total. The minimum absolute atomic E-state index is 0. The molecule has 30 heavy (non-hydrogen) atoms. The van der Waals surface area contributed by atoms with Crippen LogP contribution in [0.5, 0.6) is 0 Å². The van der Waals surface area contributed by atoms with Gasteiger partial charge in [0.2, 0.25) is 5.92 Å². The third-order valence-electron chi connectivity index (χ3n) is 7.65. The van der Waals surface area contributed by atoms with Gasteiger partial charge in [-0.3, -0.25) is 0 Å². The molecule has 5 atom stereocenters. The van der Waals surface area contributed by atoms with Gasteiger partial charge in [-0.25, -0.2) is 13.6 Å². The fraction of sp³-hybridized carbons (Fsp3) is 0.682. The summed E-state index contributed by atoms with van der Waals surface area (Å²) in [7, 11) is 4.44. The molecule has 2 heterocycles. The molecular weight excluding hydrogens is 524 g/mol. The zero-order valence-electron chi connectivity index (χ0n) is 17.3. The largest absolute Gasteiger partial charge is 1.00 e. The summed E-state index contributed by atoms with van der Waals surface area (Å²) in [5.74, 6) is -4.50. The molecule has 8 heteroatoms. The first-order valence-electron chi connectivity index (χ1n) is 10.4.